The maximum Gasteiger partial charge on any atom is 0.316 e. The molecule has 1 rings (SSSR count). The van der Waals surface area contributed by atoms with Gasteiger partial charge in [0.2, 0.25) is 11.8 Å². The van der Waals surface area contributed by atoms with Crippen molar-refractivity contribution < 1.29 is 14.4 Å². The molecule has 3 unspecified atom stereocenters. The molecule has 1 aliphatic rings. The molecular formula is C15H28N4O3. The van der Waals surface area contributed by atoms with Gasteiger partial charge in [-0.25, -0.2) is 4.79 Å². The van der Waals surface area contributed by atoms with Gasteiger partial charge >= 0.3 is 6.03 Å². The molecule has 126 valence electrons. The first-order valence-corrected chi connectivity index (χ1v) is 7.82. The van der Waals surface area contributed by atoms with Crippen molar-refractivity contribution in [1.82, 2.24) is 20.4 Å². The van der Waals surface area contributed by atoms with Crippen LogP contribution < -0.4 is 10.6 Å². The van der Waals surface area contributed by atoms with Gasteiger partial charge in [-0.05, 0) is 40.0 Å². The summed E-state index contributed by atoms with van der Waals surface area (Å²) in [5.74, 6) is -0.271. The van der Waals surface area contributed by atoms with Gasteiger partial charge in [0.05, 0.1) is 0 Å². The summed E-state index contributed by atoms with van der Waals surface area (Å²) in [7, 11) is 3.25. The first kappa shape index (κ1) is 18.3. The number of carbonyl (C=O) groups is 3. The zero-order valence-electron chi connectivity index (χ0n) is 14.2. The summed E-state index contributed by atoms with van der Waals surface area (Å²) in [6.07, 6.45) is 3.14. The molecule has 0 saturated carbocycles. The Morgan fingerprint density at radius 3 is 2.23 bits per heavy atom. The van der Waals surface area contributed by atoms with Gasteiger partial charge in [0, 0.05) is 26.7 Å². The Kier molecular flexibility index (Phi) is 6.64. The van der Waals surface area contributed by atoms with Crippen LogP contribution in [0.15, 0.2) is 0 Å². The number of rotatable bonds is 4. The number of piperidine rings is 1. The minimum Gasteiger partial charge on any atom is -0.347 e. The van der Waals surface area contributed by atoms with E-state index in [9.17, 15) is 14.4 Å². The van der Waals surface area contributed by atoms with Crippen LogP contribution in [0.5, 0.6) is 0 Å². The van der Waals surface area contributed by atoms with E-state index >= 15 is 0 Å². The van der Waals surface area contributed by atoms with Crippen molar-refractivity contribution in [2.75, 3.05) is 20.6 Å². The summed E-state index contributed by atoms with van der Waals surface area (Å²) in [6.45, 7) is 6.05. The van der Waals surface area contributed by atoms with Gasteiger partial charge in [-0.2, -0.15) is 0 Å². The number of amides is 4. The molecule has 1 heterocycles. The minimum absolute atomic E-state index is 0.0751. The highest BCUT2D eigenvalue weighted by Crippen LogP contribution is 2.17. The SMILES string of the molecule is CC(NC(=O)NC(C)C(=O)N1CCCCC1C)C(=O)N(C)C. The van der Waals surface area contributed by atoms with Crippen LogP contribution in [-0.4, -0.2) is 66.4 Å². The molecule has 0 bridgehead atoms. The molecule has 1 fully saturated rings. The fourth-order valence-corrected chi connectivity index (χ4v) is 2.62. The Labute approximate surface area is 132 Å². The van der Waals surface area contributed by atoms with Crippen molar-refractivity contribution in [2.24, 2.45) is 0 Å². The summed E-state index contributed by atoms with van der Waals surface area (Å²) in [6, 6.07) is -1.54. The third kappa shape index (κ3) is 4.89. The number of nitrogens with zero attached hydrogens (tertiary/aromatic N) is 2. The Balaban J connectivity index is 2.49. The fraction of sp³-hybridized carbons (Fsp3) is 0.800. The molecular weight excluding hydrogens is 284 g/mol. The molecule has 0 aromatic heterocycles. The predicted molar refractivity (Wildman–Crippen MR) is 84.3 cm³/mol. The van der Waals surface area contributed by atoms with E-state index in [4.69, 9.17) is 0 Å². The highest BCUT2D eigenvalue weighted by Gasteiger charge is 2.28. The molecule has 2 N–H and O–H groups in total. The van der Waals surface area contributed by atoms with Crippen LogP contribution in [0.3, 0.4) is 0 Å². The Bertz CT molecular complexity index is 425. The van der Waals surface area contributed by atoms with Crippen molar-refractivity contribution in [1.29, 1.82) is 0 Å². The van der Waals surface area contributed by atoms with Crippen molar-refractivity contribution in [3.63, 3.8) is 0 Å². The lowest BCUT2D eigenvalue weighted by molar-refractivity contribution is -0.136. The summed E-state index contributed by atoms with van der Waals surface area (Å²) in [5, 5.41) is 5.16. The largest absolute Gasteiger partial charge is 0.347 e. The number of urea groups is 1. The molecule has 0 aromatic rings. The van der Waals surface area contributed by atoms with E-state index in [1.165, 1.54) is 4.90 Å². The molecule has 4 amide bonds. The topological polar surface area (TPSA) is 81.8 Å². The quantitative estimate of drug-likeness (QED) is 0.795. The molecule has 7 nitrogen and oxygen atoms in total. The van der Waals surface area contributed by atoms with Gasteiger partial charge in [0.25, 0.3) is 0 Å². The maximum absolute atomic E-state index is 12.4. The zero-order chi connectivity index (χ0) is 16.9. The standard InChI is InChI=1S/C15H28N4O3/c1-10-8-6-7-9-19(10)14(21)12(3)17-15(22)16-11(2)13(20)18(4)5/h10-12H,6-9H2,1-5H3,(H2,16,17,22). The molecule has 22 heavy (non-hydrogen) atoms. The highest BCUT2D eigenvalue weighted by atomic mass is 16.2. The Morgan fingerprint density at radius 1 is 1.09 bits per heavy atom. The molecule has 0 aliphatic carbocycles. The van der Waals surface area contributed by atoms with Crippen LogP contribution in [0.25, 0.3) is 0 Å². The lowest BCUT2D eigenvalue weighted by Crippen LogP contribution is -2.55. The lowest BCUT2D eigenvalue weighted by Gasteiger charge is -2.35. The average molecular weight is 312 g/mol. The Morgan fingerprint density at radius 2 is 1.68 bits per heavy atom. The number of nitrogens with one attached hydrogen (secondary N) is 2. The molecule has 0 aromatic carbocycles. The molecule has 1 saturated heterocycles. The molecule has 0 spiro atoms. The van der Waals surface area contributed by atoms with Crippen molar-refractivity contribution in [3.8, 4) is 0 Å². The van der Waals surface area contributed by atoms with Crippen molar-refractivity contribution in [2.45, 2.75) is 58.2 Å². The van der Waals surface area contributed by atoms with Crippen LogP contribution in [0, 0.1) is 0 Å². The second-order valence-corrected chi connectivity index (χ2v) is 6.17. The van der Waals surface area contributed by atoms with Crippen LogP contribution in [0.2, 0.25) is 0 Å². The van der Waals surface area contributed by atoms with E-state index in [0.29, 0.717) is 0 Å². The van der Waals surface area contributed by atoms with Crippen molar-refractivity contribution in [3.05, 3.63) is 0 Å². The summed E-state index contributed by atoms with van der Waals surface area (Å²) < 4.78 is 0. The van der Waals surface area contributed by atoms with Crippen molar-refractivity contribution >= 4 is 17.8 Å². The van der Waals surface area contributed by atoms with E-state index in [0.717, 1.165) is 25.8 Å². The number of hydrogen-bond acceptors (Lipinski definition) is 3. The number of carbonyl (C=O) groups excluding carboxylic acids is 3. The summed E-state index contributed by atoms with van der Waals surface area (Å²) >= 11 is 0. The second kappa shape index (κ2) is 8.00. The molecule has 1 aliphatic heterocycles. The monoisotopic (exact) mass is 312 g/mol. The second-order valence-electron chi connectivity index (χ2n) is 6.17. The van der Waals surface area contributed by atoms with Gasteiger partial charge in [-0.15, -0.1) is 0 Å². The van der Waals surface area contributed by atoms with Gasteiger partial charge < -0.3 is 20.4 Å². The Hall–Kier alpha value is -1.79. The lowest BCUT2D eigenvalue weighted by atomic mass is 10.0. The van der Waals surface area contributed by atoms with Crippen LogP contribution in [-0.2, 0) is 9.59 Å². The minimum atomic E-state index is -0.633. The number of hydrogen-bond donors (Lipinski definition) is 2. The van der Waals surface area contributed by atoms with Crippen LogP contribution in [0.1, 0.15) is 40.0 Å². The van der Waals surface area contributed by atoms with Crippen LogP contribution >= 0.6 is 0 Å². The fourth-order valence-electron chi connectivity index (χ4n) is 2.62. The predicted octanol–water partition coefficient (Wildman–Crippen LogP) is 0.552. The summed E-state index contributed by atoms with van der Waals surface area (Å²) in [4.78, 5) is 39.2. The smallest absolute Gasteiger partial charge is 0.316 e. The zero-order valence-corrected chi connectivity index (χ0v) is 14.2. The van der Waals surface area contributed by atoms with E-state index in [1.807, 2.05) is 11.8 Å². The van der Waals surface area contributed by atoms with E-state index < -0.39 is 18.1 Å². The average Bonchev–Trinajstić information content (AvgIpc) is 2.45. The van der Waals surface area contributed by atoms with E-state index in [-0.39, 0.29) is 17.9 Å². The maximum atomic E-state index is 12.4. The van der Waals surface area contributed by atoms with Crippen LogP contribution in [0.4, 0.5) is 4.79 Å². The van der Waals surface area contributed by atoms with Gasteiger partial charge in [0.15, 0.2) is 0 Å². The van der Waals surface area contributed by atoms with E-state index in [1.54, 1.807) is 27.9 Å². The number of likely N-dealkylation sites (N-methyl/N-ethyl adjacent to an activating group) is 1. The first-order valence-electron chi connectivity index (χ1n) is 7.82. The third-order valence-electron chi connectivity index (χ3n) is 3.96. The van der Waals surface area contributed by atoms with Gasteiger partial charge in [-0.1, -0.05) is 0 Å². The number of likely N-dealkylation sites (tertiary alicyclic amines) is 1. The molecule has 0 radical (unpaired) electrons. The van der Waals surface area contributed by atoms with E-state index in [2.05, 4.69) is 10.6 Å². The van der Waals surface area contributed by atoms with Gasteiger partial charge in [-0.3, -0.25) is 9.59 Å². The highest BCUT2D eigenvalue weighted by molar-refractivity contribution is 5.90. The normalized spacial score (nSPS) is 20.8. The third-order valence-corrected chi connectivity index (χ3v) is 3.96. The summed E-state index contributed by atoms with van der Waals surface area (Å²) in [5.41, 5.74) is 0. The molecule has 7 heteroatoms. The first-order chi connectivity index (χ1) is 10.2. The van der Waals surface area contributed by atoms with Gasteiger partial charge in [0.1, 0.15) is 12.1 Å². The molecule has 3 atom stereocenters.